The van der Waals surface area contributed by atoms with Gasteiger partial charge in [0.2, 0.25) is 0 Å². The van der Waals surface area contributed by atoms with Gasteiger partial charge in [-0.05, 0) is 42.2 Å². The van der Waals surface area contributed by atoms with Crippen LogP contribution in [0.25, 0.3) is 0 Å². The number of hydrogen-bond donors (Lipinski definition) is 1. The largest absolute Gasteiger partial charge is 0.416 e. The van der Waals surface area contributed by atoms with E-state index in [4.69, 9.17) is 0 Å². The topological polar surface area (TPSA) is 37.3 Å². The van der Waals surface area contributed by atoms with Gasteiger partial charge in [-0.25, -0.2) is 4.21 Å². The van der Waals surface area contributed by atoms with Gasteiger partial charge in [-0.3, -0.25) is 0 Å². The lowest BCUT2D eigenvalue weighted by Crippen LogP contribution is -2.09. The first-order valence-electron chi connectivity index (χ1n) is 6.39. The minimum Gasteiger partial charge on any atom is -0.302 e. The van der Waals surface area contributed by atoms with E-state index in [1.165, 1.54) is 24.3 Å². The van der Waals surface area contributed by atoms with Gasteiger partial charge in [0.05, 0.1) is 10.5 Å². The third kappa shape index (κ3) is 4.28. The molecule has 0 aliphatic rings. The van der Waals surface area contributed by atoms with Gasteiger partial charge in [0.15, 0.2) is 8.77 Å². The molecule has 1 atom stereocenters. The van der Waals surface area contributed by atoms with Crippen LogP contribution in [0.15, 0.2) is 53.4 Å². The highest BCUT2D eigenvalue weighted by atomic mass is 32.8. The van der Waals surface area contributed by atoms with E-state index in [1.54, 1.807) is 18.2 Å². The Labute approximate surface area is 131 Å². The Kier molecular flexibility index (Phi) is 4.89. The molecule has 22 heavy (non-hydrogen) atoms. The highest BCUT2D eigenvalue weighted by molar-refractivity contribution is 8.29. The molecule has 0 bridgehead atoms. The van der Waals surface area contributed by atoms with Crippen molar-refractivity contribution in [2.45, 2.75) is 23.9 Å². The zero-order valence-corrected chi connectivity index (χ0v) is 13.0. The van der Waals surface area contributed by atoms with Gasteiger partial charge in [-0.15, -0.1) is 0 Å². The molecule has 2 aromatic rings. The molecular weight excluding hydrogens is 333 g/mol. The molecule has 0 aliphatic carbocycles. The van der Waals surface area contributed by atoms with Crippen molar-refractivity contribution >= 4 is 20.0 Å². The predicted molar refractivity (Wildman–Crippen MR) is 81.7 cm³/mol. The molecule has 0 radical (unpaired) electrons. The van der Waals surface area contributed by atoms with Gasteiger partial charge >= 0.3 is 6.18 Å². The van der Waals surface area contributed by atoms with E-state index < -0.39 is 20.5 Å². The minimum atomic E-state index is -4.37. The van der Waals surface area contributed by atoms with Gasteiger partial charge in [0, 0.05) is 11.2 Å². The number of hydrogen-bond acceptors (Lipinski definition) is 2. The van der Waals surface area contributed by atoms with Crippen LogP contribution in [-0.2, 0) is 39.0 Å². The molecule has 2 aromatic carbocycles. The maximum absolute atomic E-state index is 12.9. The maximum atomic E-state index is 12.9. The molecule has 0 fully saturated rings. The van der Waals surface area contributed by atoms with Crippen molar-refractivity contribution in [2.75, 3.05) is 0 Å². The molecule has 118 valence electrons. The summed E-state index contributed by atoms with van der Waals surface area (Å²) in [5.41, 5.74) is 0.378. The molecule has 0 saturated carbocycles. The second-order valence-electron chi connectivity index (χ2n) is 4.77. The molecular formula is C15H13F3O2S2. The highest BCUT2D eigenvalue weighted by Crippen LogP contribution is 2.32. The van der Waals surface area contributed by atoms with Gasteiger partial charge in [-0.1, -0.05) is 30.3 Å². The Hall–Kier alpha value is -1.44. The summed E-state index contributed by atoms with van der Waals surface area (Å²) in [5.74, 6) is 0. The van der Waals surface area contributed by atoms with E-state index in [9.17, 15) is 21.9 Å². The average Bonchev–Trinajstić information content (AvgIpc) is 2.44. The molecule has 0 amide bonds. The predicted octanol–water partition coefficient (Wildman–Crippen LogP) is 4.07. The van der Waals surface area contributed by atoms with Crippen LogP contribution in [0.3, 0.4) is 0 Å². The second-order valence-corrected chi connectivity index (χ2v) is 7.55. The van der Waals surface area contributed by atoms with Gasteiger partial charge in [0.1, 0.15) is 0 Å². The highest BCUT2D eigenvalue weighted by Gasteiger charge is 2.32. The summed E-state index contributed by atoms with van der Waals surface area (Å²) in [6, 6.07) is 11.5. The number of rotatable bonds is 4. The molecule has 0 saturated heterocycles. The van der Waals surface area contributed by atoms with Crippen LogP contribution in [0.2, 0.25) is 0 Å². The first-order valence-corrected chi connectivity index (χ1v) is 8.83. The molecule has 7 heteroatoms. The molecule has 0 spiro atoms. The van der Waals surface area contributed by atoms with E-state index in [0.29, 0.717) is 6.42 Å². The summed E-state index contributed by atoms with van der Waals surface area (Å²) in [6.45, 7) is 0. The summed E-state index contributed by atoms with van der Waals surface area (Å²) < 4.78 is 59.2. The second kappa shape index (κ2) is 6.36. The van der Waals surface area contributed by atoms with Gasteiger partial charge < -0.3 is 4.55 Å². The monoisotopic (exact) mass is 346 g/mol. The fourth-order valence-corrected chi connectivity index (χ4v) is 2.94. The number of benzene rings is 2. The number of halogens is 3. The summed E-state index contributed by atoms with van der Waals surface area (Å²) in [6.07, 6.45) is -3.74. The van der Waals surface area contributed by atoms with E-state index >= 15 is 0 Å². The van der Waals surface area contributed by atoms with Crippen LogP contribution in [0.4, 0.5) is 13.2 Å². The standard InChI is InChI=1S/C15H13F3O2S2/c16-15(17,18)14-4-2-1-3-12(14)8-5-11-6-9-13(10-7-11)22(19,20)21/h1-4,6-7,9-10H,5,8H2,(H,19,20,21). The number of aryl methyl sites for hydroxylation is 2. The maximum Gasteiger partial charge on any atom is 0.416 e. The fraction of sp³-hybridized carbons (Fsp3) is 0.200. The van der Waals surface area contributed by atoms with Crippen molar-refractivity contribution in [3.8, 4) is 0 Å². The first kappa shape index (κ1) is 16.9. The van der Waals surface area contributed by atoms with Crippen LogP contribution >= 0.6 is 0 Å². The SMILES string of the molecule is O=S(O)(=S)c1ccc(CCc2ccccc2C(F)(F)F)cc1. The Morgan fingerprint density at radius 1 is 1.00 bits per heavy atom. The van der Waals surface area contributed by atoms with Crippen molar-refractivity contribution in [3.63, 3.8) is 0 Å². The summed E-state index contributed by atoms with van der Waals surface area (Å²) in [5, 5.41) is 0. The fourth-order valence-electron chi connectivity index (χ4n) is 2.12. The van der Waals surface area contributed by atoms with Crippen molar-refractivity contribution < 1.29 is 21.9 Å². The Morgan fingerprint density at radius 2 is 1.59 bits per heavy atom. The normalized spacial score (nSPS) is 14.5. The quantitative estimate of drug-likeness (QED) is 0.907. The van der Waals surface area contributed by atoms with E-state index in [0.717, 1.165) is 11.6 Å². The minimum absolute atomic E-state index is 0.127. The molecule has 1 N–H and O–H groups in total. The van der Waals surface area contributed by atoms with E-state index in [1.807, 2.05) is 0 Å². The molecule has 0 aliphatic heterocycles. The summed E-state index contributed by atoms with van der Waals surface area (Å²) in [7, 11) is -3.43. The lowest BCUT2D eigenvalue weighted by Gasteiger charge is -2.12. The smallest absolute Gasteiger partial charge is 0.302 e. The lowest BCUT2D eigenvalue weighted by atomic mass is 9.99. The third-order valence-electron chi connectivity index (χ3n) is 3.23. The molecule has 1 unspecified atom stereocenters. The van der Waals surface area contributed by atoms with Crippen LogP contribution in [-0.4, -0.2) is 8.76 Å². The van der Waals surface area contributed by atoms with Crippen LogP contribution in [0.1, 0.15) is 16.7 Å². The summed E-state index contributed by atoms with van der Waals surface area (Å²) >= 11 is 4.45. The Bertz CT molecular complexity index is 751. The zero-order valence-electron chi connectivity index (χ0n) is 11.3. The van der Waals surface area contributed by atoms with Crippen molar-refractivity contribution in [2.24, 2.45) is 0 Å². The number of alkyl halides is 3. The third-order valence-corrected chi connectivity index (χ3v) is 4.67. The molecule has 2 rings (SSSR count). The van der Waals surface area contributed by atoms with E-state index in [2.05, 4.69) is 11.2 Å². The molecule has 0 heterocycles. The molecule has 0 aromatic heterocycles. The average molecular weight is 346 g/mol. The van der Waals surface area contributed by atoms with Crippen LogP contribution in [0.5, 0.6) is 0 Å². The van der Waals surface area contributed by atoms with Gasteiger partial charge in [-0.2, -0.15) is 13.2 Å². The first-order chi connectivity index (χ1) is 10.2. The Morgan fingerprint density at radius 3 is 2.14 bits per heavy atom. The Balaban J connectivity index is 2.14. The summed E-state index contributed by atoms with van der Waals surface area (Å²) in [4.78, 5) is 0.127. The van der Waals surface area contributed by atoms with Crippen molar-refractivity contribution in [3.05, 3.63) is 65.2 Å². The molecule has 2 nitrogen and oxygen atoms in total. The van der Waals surface area contributed by atoms with Crippen molar-refractivity contribution in [1.29, 1.82) is 0 Å². The zero-order chi connectivity index (χ0) is 16.4. The van der Waals surface area contributed by atoms with E-state index in [-0.39, 0.29) is 16.9 Å². The van der Waals surface area contributed by atoms with Crippen molar-refractivity contribution in [1.82, 2.24) is 0 Å². The lowest BCUT2D eigenvalue weighted by molar-refractivity contribution is -0.138. The van der Waals surface area contributed by atoms with Crippen LogP contribution < -0.4 is 0 Å². The van der Waals surface area contributed by atoms with Gasteiger partial charge in [0.25, 0.3) is 0 Å². The van der Waals surface area contributed by atoms with Crippen LogP contribution in [0, 0.1) is 0 Å².